The van der Waals surface area contributed by atoms with E-state index in [0.29, 0.717) is 30.1 Å². The summed E-state index contributed by atoms with van der Waals surface area (Å²) in [5, 5.41) is 0. The lowest BCUT2D eigenvalue weighted by Crippen LogP contribution is -2.34. The maximum atomic E-state index is 13.4. The first-order chi connectivity index (χ1) is 17.4. The number of hydrogen-bond donors (Lipinski definition) is 0. The Morgan fingerprint density at radius 1 is 1.03 bits per heavy atom. The molecule has 1 saturated carbocycles. The van der Waals surface area contributed by atoms with Crippen molar-refractivity contribution in [2.24, 2.45) is 17.8 Å². The highest BCUT2D eigenvalue weighted by Crippen LogP contribution is 2.44. The third-order valence-electron chi connectivity index (χ3n) is 7.84. The minimum atomic E-state index is -0.577. The molecule has 2 aromatic carbocycles. The zero-order chi connectivity index (χ0) is 25.4. The first kappa shape index (κ1) is 26.9. The second-order valence-corrected chi connectivity index (χ2v) is 9.98. The van der Waals surface area contributed by atoms with Crippen LogP contribution in [0.4, 0.5) is 5.69 Å². The van der Waals surface area contributed by atoms with Crippen molar-refractivity contribution >= 4 is 35.9 Å². The molecule has 8 nitrogen and oxygen atoms in total. The van der Waals surface area contributed by atoms with E-state index in [0.717, 1.165) is 30.8 Å². The Bertz CT molecular complexity index is 1170. The summed E-state index contributed by atoms with van der Waals surface area (Å²) in [7, 11) is 2.94. The Kier molecular flexibility index (Phi) is 8.09. The van der Waals surface area contributed by atoms with Gasteiger partial charge in [-0.2, -0.15) is 0 Å². The molecule has 3 aliphatic rings. The SMILES string of the molecule is COc1cc(C(=O)OCC2C3CCC2N(Cc2ccccc2)C3)c(N2C(=O)CC(C)C2=O)cc1OC.Cl. The summed E-state index contributed by atoms with van der Waals surface area (Å²) < 4.78 is 16.6. The van der Waals surface area contributed by atoms with E-state index in [-0.39, 0.29) is 47.8 Å². The Morgan fingerprint density at radius 3 is 2.38 bits per heavy atom. The van der Waals surface area contributed by atoms with Gasteiger partial charge in [-0.05, 0) is 24.3 Å². The number of esters is 1. The number of rotatable bonds is 8. The number of amides is 2. The van der Waals surface area contributed by atoms with Crippen molar-refractivity contribution < 1.29 is 28.6 Å². The summed E-state index contributed by atoms with van der Waals surface area (Å²) in [5.41, 5.74) is 1.58. The van der Waals surface area contributed by atoms with E-state index in [2.05, 4.69) is 29.2 Å². The zero-order valence-corrected chi connectivity index (χ0v) is 22.2. The molecule has 198 valence electrons. The second kappa shape index (κ2) is 11.1. The van der Waals surface area contributed by atoms with Gasteiger partial charge in [0.15, 0.2) is 11.5 Å². The first-order valence-electron chi connectivity index (χ1n) is 12.5. The molecule has 4 atom stereocenters. The van der Waals surface area contributed by atoms with Crippen LogP contribution in [0.1, 0.15) is 42.1 Å². The van der Waals surface area contributed by atoms with Gasteiger partial charge in [0.2, 0.25) is 11.8 Å². The number of methoxy groups -OCH3 is 2. The quantitative estimate of drug-likeness (QED) is 0.377. The number of halogens is 1. The van der Waals surface area contributed by atoms with Gasteiger partial charge in [-0.1, -0.05) is 37.3 Å². The summed E-state index contributed by atoms with van der Waals surface area (Å²) in [6, 6.07) is 13.8. The normalized spacial score (nSPS) is 24.8. The van der Waals surface area contributed by atoms with E-state index in [1.165, 1.54) is 31.9 Å². The molecule has 5 rings (SSSR count). The molecule has 0 aromatic heterocycles. The zero-order valence-electron chi connectivity index (χ0n) is 21.3. The first-order valence-corrected chi connectivity index (χ1v) is 12.5. The molecular formula is C28H33ClN2O6. The highest BCUT2D eigenvalue weighted by molar-refractivity contribution is 6.23. The molecule has 4 unspecified atom stereocenters. The van der Waals surface area contributed by atoms with Gasteiger partial charge in [0, 0.05) is 49.5 Å². The van der Waals surface area contributed by atoms with E-state index in [9.17, 15) is 14.4 Å². The minimum Gasteiger partial charge on any atom is -0.493 e. The number of carbonyl (C=O) groups excluding carboxylic acids is 3. The number of hydrogen-bond acceptors (Lipinski definition) is 7. The van der Waals surface area contributed by atoms with Crippen LogP contribution >= 0.6 is 12.4 Å². The second-order valence-electron chi connectivity index (χ2n) is 9.98. The predicted octanol–water partition coefficient (Wildman–Crippen LogP) is 4.09. The Morgan fingerprint density at radius 2 is 1.73 bits per heavy atom. The average molecular weight is 529 g/mol. The number of piperidine rings is 1. The van der Waals surface area contributed by atoms with Crippen LogP contribution in [0.5, 0.6) is 11.5 Å². The van der Waals surface area contributed by atoms with E-state index in [1.54, 1.807) is 6.92 Å². The van der Waals surface area contributed by atoms with E-state index in [1.807, 2.05) is 6.07 Å². The molecular weight excluding hydrogens is 496 g/mol. The lowest BCUT2D eigenvalue weighted by Gasteiger charge is -2.27. The fraction of sp³-hybridized carbons (Fsp3) is 0.464. The molecule has 2 bridgehead atoms. The molecule has 37 heavy (non-hydrogen) atoms. The highest BCUT2D eigenvalue weighted by Gasteiger charge is 2.47. The number of fused-ring (bicyclic) bond motifs is 2. The molecule has 0 radical (unpaired) electrons. The highest BCUT2D eigenvalue weighted by atomic mass is 35.5. The largest absolute Gasteiger partial charge is 0.493 e. The third-order valence-corrected chi connectivity index (χ3v) is 7.84. The fourth-order valence-electron chi connectivity index (χ4n) is 5.99. The van der Waals surface area contributed by atoms with Crippen molar-refractivity contribution in [3.8, 4) is 11.5 Å². The smallest absolute Gasteiger partial charge is 0.340 e. The van der Waals surface area contributed by atoms with Crippen LogP contribution in [0.25, 0.3) is 0 Å². The molecule has 9 heteroatoms. The molecule has 2 aromatic rings. The molecule has 1 aliphatic carbocycles. The summed E-state index contributed by atoms with van der Waals surface area (Å²) in [6.45, 7) is 3.89. The van der Waals surface area contributed by atoms with Gasteiger partial charge in [0.05, 0.1) is 32.1 Å². The fourth-order valence-corrected chi connectivity index (χ4v) is 5.99. The van der Waals surface area contributed by atoms with Crippen molar-refractivity contribution in [1.29, 1.82) is 0 Å². The molecule has 2 saturated heterocycles. The molecule has 0 N–H and O–H groups in total. The molecule has 2 amide bonds. The number of carbonyl (C=O) groups is 3. The van der Waals surface area contributed by atoms with Crippen LogP contribution in [-0.4, -0.2) is 56.1 Å². The number of imide groups is 1. The summed E-state index contributed by atoms with van der Waals surface area (Å²) in [6.07, 6.45) is 2.33. The van der Waals surface area contributed by atoms with Crippen LogP contribution in [0.15, 0.2) is 42.5 Å². The lowest BCUT2D eigenvalue weighted by atomic mass is 9.99. The monoisotopic (exact) mass is 528 g/mol. The van der Waals surface area contributed by atoms with E-state index in [4.69, 9.17) is 14.2 Å². The third kappa shape index (κ3) is 5.05. The Labute approximate surface area is 223 Å². The van der Waals surface area contributed by atoms with Crippen molar-refractivity contribution in [1.82, 2.24) is 4.90 Å². The summed E-state index contributed by atoms with van der Waals surface area (Å²) in [4.78, 5) is 42.3. The van der Waals surface area contributed by atoms with E-state index < -0.39 is 11.9 Å². The maximum Gasteiger partial charge on any atom is 0.340 e. The van der Waals surface area contributed by atoms with Gasteiger partial charge in [0.1, 0.15) is 0 Å². The summed E-state index contributed by atoms with van der Waals surface area (Å²) >= 11 is 0. The van der Waals surface area contributed by atoms with Crippen molar-refractivity contribution in [3.05, 3.63) is 53.6 Å². The average Bonchev–Trinajstić information content (AvgIpc) is 3.51. The topological polar surface area (TPSA) is 85.4 Å². The van der Waals surface area contributed by atoms with Crippen LogP contribution in [0.2, 0.25) is 0 Å². The number of nitrogens with zero attached hydrogens (tertiary/aromatic N) is 2. The van der Waals surface area contributed by atoms with Crippen LogP contribution in [0.3, 0.4) is 0 Å². The van der Waals surface area contributed by atoms with Crippen LogP contribution in [0, 0.1) is 17.8 Å². The number of likely N-dealkylation sites (tertiary alicyclic amines) is 1. The Hall–Kier alpha value is -3.10. The van der Waals surface area contributed by atoms with E-state index >= 15 is 0 Å². The number of ether oxygens (including phenoxy) is 3. The van der Waals surface area contributed by atoms with Gasteiger partial charge in [-0.15, -0.1) is 12.4 Å². The van der Waals surface area contributed by atoms with Crippen LogP contribution < -0.4 is 14.4 Å². The van der Waals surface area contributed by atoms with Gasteiger partial charge in [-0.25, -0.2) is 9.69 Å². The van der Waals surface area contributed by atoms with Crippen molar-refractivity contribution in [2.45, 2.75) is 38.8 Å². The molecule has 2 heterocycles. The minimum absolute atomic E-state index is 0. The number of anilines is 1. The van der Waals surface area contributed by atoms with Crippen LogP contribution in [-0.2, 0) is 20.9 Å². The molecule has 0 spiro atoms. The van der Waals surface area contributed by atoms with Crippen molar-refractivity contribution in [2.75, 3.05) is 32.3 Å². The van der Waals surface area contributed by atoms with Gasteiger partial charge in [-0.3, -0.25) is 14.5 Å². The predicted molar refractivity (Wildman–Crippen MR) is 140 cm³/mol. The molecule has 3 fully saturated rings. The maximum absolute atomic E-state index is 13.4. The molecule has 2 aliphatic heterocycles. The van der Waals surface area contributed by atoms with Crippen molar-refractivity contribution in [3.63, 3.8) is 0 Å². The number of benzene rings is 2. The lowest BCUT2D eigenvalue weighted by molar-refractivity contribution is -0.122. The van der Waals surface area contributed by atoms with Gasteiger partial charge >= 0.3 is 5.97 Å². The summed E-state index contributed by atoms with van der Waals surface area (Å²) in [5.74, 6) is -0.308. The Balaban J connectivity index is 0.00000320. The van der Waals surface area contributed by atoms with Gasteiger partial charge < -0.3 is 14.2 Å². The van der Waals surface area contributed by atoms with Gasteiger partial charge in [0.25, 0.3) is 0 Å². The standard InChI is InChI=1S/C28H32N2O6.ClH/c1-17-11-26(31)30(27(17)32)23-13-25(35-3)24(34-2)12-20(23)28(33)36-16-21-19-9-10-22(21)29(15-19)14-18-7-5-4-6-8-18;/h4-8,12-13,17,19,21-22H,9-11,14-16H2,1-3H3;1H.